The predicted molar refractivity (Wildman–Crippen MR) is 405 cm³/mol. The van der Waals surface area contributed by atoms with Crippen molar-refractivity contribution in [3.8, 4) is 0 Å². The molecule has 0 bridgehead atoms. The molecular weight excluding hydrogens is 1280 g/mol. The van der Waals surface area contributed by atoms with E-state index in [-0.39, 0.29) is 0 Å². The Morgan fingerprint density at radius 1 is 0.202 bits per heavy atom. The Bertz CT molecular complexity index is 4310. The molecule has 14 aromatic carbocycles. The number of hydrogen-bond acceptors (Lipinski definition) is 5. The molecule has 0 spiro atoms. The van der Waals surface area contributed by atoms with Crippen LogP contribution in [0.15, 0.2) is 387 Å². The van der Waals surface area contributed by atoms with Gasteiger partial charge in [-0.25, -0.2) is 0 Å². The van der Waals surface area contributed by atoms with Crippen LogP contribution < -0.4 is 24.5 Å². The maximum atomic E-state index is 7.78. The first-order valence-corrected chi connectivity index (χ1v) is 32.9. The fraction of sp³-hybridized carbons (Fsp3) is 0.0118. The normalized spacial score (nSPS) is 10.6. The van der Waals surface area contributed by atoms with Gasteiger partial charge in [0.2, 0.25) is 0 Å². The molecule has 0 saturated carbocycles. The van der Waals surface area contributed by atoms with E-state index in [0.717, 1.165) is 90.5 Å². The van der Waals surface area contributed by atoms with Crippen LogP contribution in [0, 0.1) is 0 Å². The minimum atomic E-state index is 0.569. The highest BCUT2D eigenvalue weighted by molar-refractivity contribution is 9.10. The summed E-state index contributed by atoms with van der Waals surface area (Å²) in [6, 6.07) is 132. The third-order valence-electron chi connectivity index (χ3n) is 15.6. The summed E-state index contributed by atoms with van der Waals surface area (Å²) in [5.74, 6) is 0. The highest BCUT2D eigenvalue weighted by Crippen LogP contribution is 2.49. The molecule has 0 aliphatic carbocycles. The average Bonchev–Trinajstić information content (AvgIpc) is 0.802. The molecule has 0 fully saturated rings. The molecule has 0 aliphatic rings. The lowest BCUT2D eigenvalue weighted by atomic mass is 10.0. The smallest absolute Gasteiger partial charge is 0.0887 e. The summed E-state index contributed by atoms with van der Waals surface area (Å²) in [4.78, 5) is 11.4. The van der Waals surface area contributed by atoms with Gasteiger partial charge in [-0.1, -0.05) is 247 Å². The molecule has 94 heavy (non-hydrogen) atoms. The van der Waals surface area contributed by atoms with Crippen molar-refractivity contribution in [2.75, 3.05) is 24.5 Å². The van der Waals surface area contributed by atoms with Crippen molar-refractivity contribution in [1.29, 1.82) is 0 Å². The number of para-hydroxylation sites is 8. The lowest BCUT2D eigenvalue weighted by Crippen LogP contribution is -2.16. The molecule has 0 amide bonds. The molecule has 0 unspecified atom stereocenters. The standard InChI is InChI=1S/C54H41ClN4.C25H21N.C6H3BrCl2/c55-54-52(58(46-30-15-5-16-31-46)50-36-19-34-48(40-50)56(42-22-7-1-8-23-42)43-24-9-2-10-25-43)38-21-39-53(54)59(47-32-17-6-18-33-47)51-37-20-35-49(41-51)57(44-26-11-3-12-27-44)45-28-13-4-14-29-45;1-4-11-21(12-5-1)19-22-13-10-18-25(20-22)26(23-14-6-2-7-15-23)24-16-8-3-9-17-24;7-4-2-1-3-5(8)6(4)9/h1-41H;1-18,20H,19H2;1-3H. The second kappa shape index (κ2) is 31.6. The van der Waals surface area contributed by atoms with Gasteiger partial charge in [-0.15, -0.1) is 0 Å². The van der Waals surface area contributed by atoms with Crippen LogP contribution in [0.25, 0.3) is 0 Å². The van der Waals surface area contributed by atoms with Crippen molar-refractivity contribution in [2.24, 2.45) is 0 Å². The molecular formula is C85H65BrCl3N5. The summed E-state index contributed by atoms with van der Waals surface area (Å²) < 4.78 is 0.830. The summed E-state index contributed by atoms with van der Waals surface area (Å²) in [5.41, 5.74) is 18.1. The molecule has 0 aromatic heterocycles. The SMILES string of the molecule is Clc1c(N(c2ccccc2)c2cccc(N(c3ccccc3)c3ccccc3)c2)cccc1N(c1ccccc1)c1cccc(N(c2ccccc2)c2ccccc2)c1.Clc1cccc(Br)c1Cl.c1ccc(Cc2cccc(N(c3ccccc3)c3ccccc3)c2)cc1. The lowest BCUT2D eigenvalue weighted by molar-refractivity contribution is 1.18. The highest BCUT2D eigenvalue weighted by Gasteiger charge is 2.25. The quantitative estimate of drug-likeness (QED) is 0.0842. The summed E-state index contributed by atoms with van der Waals surface area (Å²) in [6.45, 7) is 0. The lowest BCUT2D eigenvalue weighted by Gasteiger charge is -2.32. The van der Waals surface area contributed by atoms with Crippen LogP contribution in [0.4, 0.5) is 85.3 Å². The maximum Gasteiger partial charge on any atom is 0.0887 e. The zero-order chi connectivity index (χ0) is 64.3. The Hall–Kier alpha value is -10.6. The number of rotatable bonds is 17. The maximum absolute atomic E-state index is 7.78. The van der Waals surface area contributed by atoms with E-state index in [1.54, 1.807) is 6.07 Å². The Kier molecular flexibility index (Phi) is 21.4. The number of benzene rings is 14. The van der Waals surface area contributed by atoms with Gasteiger partial charge in [0.05, 0.1) is 26.4 Å². The number of nitrogens with zero attached hydrogens (tertiary/aromatic N) is 5. The van der Waals surface area contributed by atoms with Crippen molar-refractivity contribution in [1.82, 2.24) is 0 Å². The minimum Gasteiger partial charge on any atom is -0.310 e. The van der Waals surface area contributed by atoms with E-state index in [2.05, 4.69) is 368 Å². The molecule has 5 nitrogen and oxygen atoms in total. The van der Waals surface area contributed by atoms with E-state index in [0.29, 0.717) is 15.1 Å². The van der Waals surface area contributed by atoms with Crippen molar-refractivity contribution in [3.63, 3.8) is 0 Å². The van der Waals surface area contributed by atoms with Crippen molar-refractivity contribution < 1.29 is 0 Å². The second-order valence-corrected chi connectivity index (χ2v) is 23.9. The van der Waals surface area contributed by atoms with E-state index in [9.17, 15) is 0 Å². The van der Waals surface area contributed by atoms with Gasteiger partial charge in [0.25, 0.3) is 0 Å². The van der Waals surface area contributed by atoms with Crippen molar-refractivity contribution >= 4 is 136 Å². The average molecular weight is 1340 g/mol. The van der Waals surface area contributed by atoms with Crippen LogP contribution in [-0.4, -0.2) is 0 Å². The van der Waals surface area contributed by atoms with E-state index in [1.807, 2.05) is 48.5 Å². The Morgan fingerprint density at radius 3 is 0.745 bits per heavy atom. The first-order chi connectivity index (χ1) is 46.3. The van der Waals surface area contributed by atoms with Crippen molar-refractivity contribution in [2.45, 2.75) is 6.42 Å². The van der Waals surface area contributed by atoms with Crippen LogP contribution in [0.1, 0.15) is 11.1 Å². The van der Waals surface area contributed by atoms with Gasteiger partial charge in [-0.05, 0) is 203 Å². The predicted octanol–water partition coefficient (Wildman–Crippen LogP) is 26.7. The van der Waals surface area contributed by atoms with Gasteiger partial charge in [0.15, 0.2) is 0 Å². The molecule has 14 aromatic rings. The van der Waals surface area contributed by atoms with E-state index < -0.39 is 0 Å². The van der Waals surface area contributed by atoms with Gasteiger partial charge >= 0.3 is 0 Å². The molecule has 458 valence electrons. The van der Waals surface area contributed by atoms with Gasteiger partial charge in [0.1, 0.15) is 0 Å². The van der Waals surface area contributed by atoms with Crippen LogP contribution in [0.3, 0.4) is 0 Å². The first kappa shape index (κ1) is 63.6. The fourth-order valence-corrected chi connectivity index (χ4v) is 12.4. The van der Waals surface area contributed by atoms with E-state index in [4.69, 9.17) is 34.8 Å². The molecule has 0 heterocycles. The third-order valence-corrected chi connectivity index (χ3v) is 17.7. The fourth-order valence-electron chi connectivity index (χ4n) is 11.3. The van der Waals surface area contributed by atoms with Gasteiger partial charge < -0.3 is 24.5 Å². The number of anilines is 15. The molecule has 9 heteroatoms. The van der Waals surface area contributed by atoms with Gasteiger partial charge in [-0.3, -0.25) is 0 Å². The summed E-state index contributed by atoms with van der Waals surface area (Å²) >= 11 is 22.4. The Morgan fingerprint density at radius 2 is 0.436 bits per heavy atom. The van der Waals surface area contributed by atoms with Gasteiger partial charge in [0, 0.05) is 78.4 Å². The van der Waals surface area contributed by atoms with Crippen molar-refractivity contribution in [3.05, 3.63) is 413 Å². The van der Waals surface area contributed by atoms with Crippen LogP contribution >= 0.6 is 50.7 Å². The van der Waals surface area contributed by atoms with E-state index in [1.165, 1.54) is 16.8 Å². The third kappa shape index (κ3) is 15.7. The Balaban J connectivity index is 0.000000198. The van der Waals surface area contributed by atoms with Crippen LogP contribution in [-0.2, 0) is 6.42 Å². The van der Waals surface area contributed by atoms with Crippen LogP contribution in [0.2, 0.25) is 15.1 Å². The molecule has 0 atom stereocenters. The van der Waals surface area contributed by atoms with Gasteiger partial charge in [-0.2, -0.15) is 0 Å². The highest BCUT2D eigenvalue weighted by atomic mass is 79.9. The molecule has 0 radical (unpaired) electrons. The van der Waals surface area contributed by atoms with Crippen LogP contribution in [0.5, 0.6) is 0 Å². The zero-order valence-corrected chi connectivity index (χ0v) is 55.2. The zero-order valence-electron chi connectivity index (χ0n) is 51.3. The topological polar surface area (TPSA) is 16.2 Å². The number of halogens is 4. The summed E-state index contributed by atoms with van der Waals surface area (Å²) in [6.07, 6.45) is 0.937. The largest absolute Gasteiger partial charge is 0.310 e. The molecule has 0 aliphatic heterocycles. The Labute approximate surface area is 575 Å². The summed E-state index contributed by atoms with van der Waals surface area (Å²) in [5, 5.41) is 1.76. The summed E-state index contributed by atoms with van der Waals surface area (Å²) in [7, 11) is 0. The minimum absolute atomic E-state index is 0.569. The first-order valence-electron chi connectivity index (χ1n) is 31.0. The number of hydrogen-bond donors (Lipinski definition) is 0. The second-order valence-electron chi connectivity index (χ2n) is 21.9. The molecule has 14 rings (SSSR count). The van der Waals surface area contributed by atoms with E-state index >= 15 is 0 Å². The monoisotopic (exact) mass is 1340 g/mol. The molecule has 0 N–H and O–H groups in total. The molecule has 0 saturated heterocycles.